The zero-order chi connectivity index (χ0) is 20.1. The number of rotatable bonds is 4. The number of aromatic amines is 1. The number of pyridine rings is 1. The van der Waals surface area contributed by atoms with Crippen LogP contribution in [0.1, 0.15) is 12.0 Å². The minimum Gasteiger partial charge on any atom is -0.378 e. The summed E-state index contributed by atoms with van der Waals surface area (Å²) in [5.74, 6) is 0.454. The lowest BCUT2D eigenvalue weighted by Gasteiger charge is -2.28. The summed E-state index contributed by atoms with van der Waals surface area (Å²) in [7, 11) is 0. The summed E-state index contributed by atoms with van der Waals surface area (Å²) in [5.41, 5.74) is 8.96. The molecular formula is C21H17ClN6O. The highest BCUT2D eigenvalue weighted by Gasteiger charge is 2.47. The predicted octanol–water partition coefficient (Wildman–Crippen LogP) is 3.24. The Labute approximate surface area is 171 Å². The van der Waals surface area contributed by atoms with Gasteiger partial charge in [0, 0.05) is 11.6 Å². The lowest BCUT2D eigenvalue weighted by molar-refractivity contribution is -0.122. The van der Waals surface area contributed by atoms with Crippen LogP contribution in [-0.4, -0.2) is 26.9 Å². The number of halogens is 1. The molecule has 0 spiro atoms. The van der Waals surface area contributed by atoms with Gasteiger partial charge in [0.15, 0.2) is 5.65 Å². The average molecular weight is 405 g/mol. The van der Waals surface area contributed by atoms with Crippen LogP contribution in [0.3, 0.4) is 0 Å². The summed E-state index contributed by atoms with van der Waals surface area (Å²) in [6.07, 6.45) is 6.69. The predicted molar refractivity (Wildman–Crippen MR) is 110 cm³/mol. The molecule has 1 saturated carbocycles. The molecule has 2 aromatic heterocycles. The molecule has 4 atom stereocenters. The monoisotopic (exact) mass is 404 g/mol. The molecule has 3 aromatic rings. The van der Waals surface area contributed by atoms with E-state index in [0.29, 0.717) is 33.3 Å². The van der Waals surface area contributed by atoms with Gasteiger partial charge in [0.1, 0.15) is 11.3 Å². The molecule has 0 aliphatic heterocycles. The molecule has 2 aliphatic carbocycles. The van der Waals surface area contributed by atoms with E-state index in [4.69, 9.17) is 22.6 Å². The van der Waals surface area contributed by atoms with E-state index in [0.717, 1.165) is 12.0 Å². The molecule has 0 radical (unpaired) electrons. The largest absolute Gasteiger partial charge is 0.378 e. The molecule has 1 aromatic carbocycles. The molecule has 5 rings (SSSR count). The van der Waals surface area contributed by atoms with Gasteiger partial charge in [-0.1, -0.05) is 23.8 Å². The summed E-state index contributed by atoms with van der Waals surface area (Å²) < 4.78 is 0. The molecule has 4 N–H and O–H groups in total. The van der Waals surface area contributed by atoms with Crippen molar-refractivity contribution in [1.29, 1.82) is 5.26 Å². The Kier molecular flexibility index (Phi) is 4.03. The SMILES string of the molecule is N#Cc1ccc(-c2nc3ncc(Cl)c(NC4[C@@H](C(N)=O)[C@@H]5C=C[C@H]4C5)c3[nH]2)cc1. The number of carbonyl (C=O) groups excluding carboxylic acids is 1. The molecule has 0 saturated heterocycles. The third-order valence-corrected chi connectivity index (χ3v) is 6.15. The first-order chi connectivity index (χ1) is 14.0. The van der Waals surface area contributed by atoms with Crippen LogP contribution in [0.5, 0.6) is 0 Å². The van der Waals surface area contributed by atoms with Crippen molar-refractivity contribution in [3.05, 3.63) is 53.2 Å². The van der Waals surface area contributed by atoms with Crippen molar-refractivity contribution in [2.75, 3.05) is 5.32 Å². The van der Waals surface area contributed by atoms with Crippen molar-refractivity contribution in [1.82, 2.24) is 15.0 Å². The first kappa shape index (κ1) is 17.7. The maximum absolute atomic E-state index is 12.0. The van der Waals surface area contributed by atoms with Crippen molar-refractivity contribution in [3.63, 3.8) is 0 Å². The third-order valence-electron chi connectivity index (χ3n) is 5.86. The first-order valence-electron chi connectivity index (χ1n) is 9.34. The number of nitrogens with zero attached hydrogens (tertiary/aromatic N) is 3. The highest BCUT2D eigenvalue weighted by Crippen LogP contribution is 2.46. The number of nitrogens with one attached hydrogen (secondary N) is 2. The van der Waals surface area contributed by atoms with Gasteiger partial charge < -0.3 is 16.0 Å². The number of hydrogen-bond donors (Lipinski definition) is 3. The smallest absolute Gasteiger partial charge is 0.223 e. The number of nitrogens with two attached hydrogens (primary N) is 1. The normalized spacial score (nSPS) is 24.7. The van der Waals surface area contributed by atoms with E-state index in [2.05, 4.69) is 38.5 Å². The van der Waals surface area contributed by atoms with Crippen molar-refractivity contribution in [3.8, 4) is 17.5 Å². The summed E-state index contributed by atoms with van der Waals surface area (Å²) in [5, 5.41) is 12.9. The van der Waals surface area contributed by atoms with Crippen LogP contribution in [0.4, 0.5) is 5.69 Å². The number of anilines is 1. The fourth-order valence-electron chi connectivity index (χ4n) is 4.49. The number of H-pyrrole nitrogens is 1. The number of aromatic nitrogens is 3. The third kappa shape index (κ3) is 2.84. The molecule has 2 aliphatic rings. The number of amides is 1. The number of carbonyl (C=O) groups is 1. The molecule has 29 heavy (non-hydrogen) atoms. The number of allylic oxidation sites excluding steroid dienone is 1. The Hall–Kier alpha value is -3.37. The van der Waals surface area contributed by atoms with Gasteiger partial charge in [-0.05, 0) is 42.5 Å². The zero-order valence-electron chi connectivity index (χ0n) is 15.3. The van der Waals surface area contributed by atoms with E-state index in [1.807, 2.05) is 12.1 Å². The van der Waals surface area contributed by atoms with Crippen molar-refractivity contribution in [2.45, 2.75) is 12.5 Å². The molecule has 7 nitrogen and oxygen atoms in total. The maximum atomic E-state index is 12.0. The van der Waals surface area contributed by atoms with E-state index in [9.17, 15) is 4.79 Å². The standard InChI is InChI=1S/C21H17ClN6O/c22-14-9-25-21-18(27-20(28-21)11-3-1-10(8-23)2-4-11)17(14)26-16-13-6-5-12(7-13)15(16)19(24)29/h1-6,9,12-13,15-16H,7H2,(H2,24,29)(H2,25,26,27,28)/t12-,13+,15+,16?/m1/s1. The molecule has 144 valence electrons. The van der Waals surface area contributed by atoms with E-state index in [1.54, 1.807) is 18.3 Å². The molecule has 8 heteroatoms. The lowest BCUT2D eigenvalue weighted by atomic mass is 9.88. The van der Waals surface area contributed by atoms with Gasteiger partial charge in [0.2, 0.25) is 5.91 Å². The number of primary amides is 1. The number of hydrogen-bond acceptors (Lipinski definition) is 5. The fraction of sp³-hybridized carbons (Fsp3) is 0.238. The Balaban J connectivity index is 1.54. The topological polar surface area (TPSA) is 120 Å². The zero-order valence-corrected chi connectivity index (χ0v) is 16.0. The van der Waals surface area contributed by atoms with Crippen LogP contribution in [0, 0.1) is 29.1 Å². The molecule has 2 bridgehead atoms. The second-order valence-electron chi connectivity index (χ2n) is 7.50. The second kappa shape index (κ2) is 6.61. The summed E-state index contributed by atoms with van der Waals surface area (Å²) in [6.45, 7) is 0. The molecule has 1 unspecified atom stereocenters. The van der Waals surface area contributed by atoms with Gasteiger partial charge in [-0.25, -0.2) is 9.97 Å². The molecule has 1 amide bonds. The van der Waals surface area contributed by atoms with Crippen LogP contribution in [0.2, 0.25) is 5.02 Å². The highest BCUT2D eigenvalue weighted by atomic mass is 35.5. The number of benzene rings is 1. The Bertz CT molecular complexity index is 1190. The van der Waals surface area contributed by atoms with Gasteiger partial charge in [-0.15, -0.1) is 0 Å². The number of fused-ring (bicyclic) bond motifs is 3. The molecule has 1 fully saturated rings. The van der Waals surface area contributed by atoms with E-state index in [1.165, 1.54) is 0 Å². The number of imidazole rings is 1. The van der Waals surface area contributed by atoms with E-state index in [-0.39, 0.29) is 29.7 Å². The van der Waals surface area contributed by atoms with Gasteiger partial charge >= 0.3 is 0 Å². The number of nitriles is 1. The van der Waals surface area contributed by atoms with E-state index < -0.39 is 0 Å². The van der Waals surface area contributed by atoms with Gasteiger partial charge in [0.25, 0.3) is 0 Å². The Morgan fingerprint density at radius 3 is 2.76 bits per heavy atom. The van der Waals surface area contributed by atoms with Crippen LogP contribution in [0.15, 0.2) is 42.6 Å². The van der Waals surface area contributed by atoms with Crippen molar-refractivity contribution in [2.24, 2.45) is 23.5 Å². The average Bonchev–Trinajstić information content (AvgIpc) is 3.44. The minimum absolute atomic E-state index is 0.118. The van der Waals surface area contributed by atoms with Crippen LogP contribution in [-0.2, 0) is 4.79 Å². The second-order valence-corrected chi connectivity index (χ2v) is 7.91. The van der Waals surface area contributed by atoms with Gasteiger partial charge in [0.05, 0.1) is 34.5 Å². The van der Waals surface area contributed by atoms with Crippen LogP contribution < -0.4 is 11.1 Å². The van der Waals surface area contributed by atoms with Gasteiger partial charge in [-0.3, -0.25) is 4.79 Å². The van der Waals surface area contributed by atoms with E-state index >= 15 is 0 Å². The maximum Gasteiger partial charge on any atom is 0.223 e. The molecule has 2 heterocycles. The quantitative estimate of drug-likeness (QED) is 0.576. The molecular weight excluding hydrogens is 388 g/mol. The van der Waals surface area contributed by atoms with Crippen LogP contribution >= 0.6 is 11.6 Å². The fourth-order valence-corrected chi connectivity index (χ4v) is 4.69. The van der Waals surface area contributed by atoms with Crippen molar-refractivity contribution < 1.29 is 4.79 Å². The summed E-state index contributed by atoms with van der Waals surface area (Å²) in [4.78, 5) is 24.2. The summed E-state index contributed by atoms with van der Waals surface area (Å²) >= 11 is 6.46. The first-order valence-corrected chi connectivity index (χ1v) is 9.72. The lowest BCUT2D eigenvalue weighted by Crippen LogP contribution is -2.41. The Morgan fingerprint density at radius 2 is 2.03 bits per heavy atom. The van der Waals surface area contributed by atoms with Gasteiger partial charge in [-0.2, -0.15) is 5.26 Å². The van der Waals surface area contributed by atoms with Crippen LogP contribution in [0.25, 0.3) is 22.6 Å². The Morgan fingerprint density at radius 1 is 1.28 bits per heavy atom. The highest BCUT2D eigenvalue weighted by molar-refractivity contribution is 6.34. The van der Waals surface area contributed by atoms with Crippen molar-refractivity contribution >= 4 is 34.4 Å². The summed E-state index contributed by atoms with van der Waals surface area (Å²) in [6, 6.07) is 9.11. The minimum atomic E-state index is -0.302.